The van der Waals surface area contributed by atoms with E-state index in [2.05, 4.69) is 19.7 Å². The van der Waals surface area contributed by atoms with E-state index in [1.165, 1.54) is 6.20 Å². The molecule has 94 valence electrons. The van der Waals surface area contributed by atoms with Crippen molar-refractivity contribution in [3.05, 3.63) is 36.4 Å². The highest BCUT2D eigenvalue weighted by molar-refractivity contribution is 7.92. The smallest absolute Gasteiger partial charge is 0.264 e. The molecule has 0 aliphatic rings. The van der Waals surface area contributed by atoms with Crippen molar-refractivity contribution in [2.75, 3.05) is 10.5 Å². The molecule has 8 heteroatoms. The first-order valence-electron chi connectivity index (χ1n) is 5.00. The molecule has 0 bridgehead atoms. The number of sulfonamides is 1. The molecule has 0 aromatic carbocycles. The number of rotatable bonds is 3. The zero-order valence-electron chi connectivity index (χ0n) is 9.53. The summed E-state index contributed by atoms with van der Waals surface area (Å²) < 4.78 is 26.5. The van der Waals surface area contributed by atoms with Crippen molar-refractivity contribution in [3.8, 4) is 0 Å². The van der Waals surface area contributed by atoms with Gasteiger partial charge in [0.05, 0.1) is 18.1 Å². The molecule has 0 unspecified atom stereocenters. The Morgan fingerprint density at radius 2 is 1.89 bits per heavy atom. The van der Waals surface area contributed by atoms with Crippen molar-refractivity contribution in [1.29, 1.82) is 0 Å². The van der Waals surface area contributed by atoms with Gasteiger partial charge in [-0.3, -0.25) is 9.71 Å². The van der Waals surface area contributed by atoms with Crippen molar-refractivity contribution in [3.63, 3.8) is 0 Å². The number of nitrogens with zero attached hydrogens (tertiary/aromatic N) is 3. The van der Waals surface area contributed by atoms with Crippen LogP contribution in [0.2, 0.25) is 0 Å². The minimum atomic E-state index is -3.71. The van der Waals surface area contributed by atoms with Gasteiger partial charge in [0, 0.05) is 12.4 Å². The largest absolute Gasteiger partial charge is 0.368 e. The molecule has 0 aliphatic carbocycles. The molecular weight excluding hydrogens is 254 g/mol. The van der Waals surface area contributed by atoms with Crippen LogP contribution in [-0.2, 0) is 10.0 Å². The summed E-state index contributed by atoms with van der Waals surface area (Å²) >= 11 is 0. The maximum Gasteiger partial charge on any atom is 0.264 e. The van der Waals surface area contributed by atoms with E-state index in [1.807, 2.05) is 0 Å². The van der Waals surface area contributed by atoms with Gasteiger partial charge in [-0.1, -0.05) is 0 Å². The van der Waals surface area contributed by atoms with E-state index >= 15 is 0 Å². The standard InChI is InChI=1S/C10H11N5O2S/c1-7-4-12-3-2-9(7)15-18(16,17)8-5-13-10(11)14-6-8/h2-6H,1H3,(H,12,15)(H2,11,13,14). The maximum absolute atomic E-state index is 12.0. The molecule has 18 heavy (non-hydrogen) atoms. The Hall–Kier alpha value is -2.22. The number of pyridine rings is 1. The zero-order chi connectivity index (χ0) is 13.2. The second-order valence-corrected chi connectivity index (χ2v) is 5.26. The fourth-order valence-electron chi connectivity index (χ4n) is 1.26. The number of nitrogens with two attached hydrogens (primary N) is 1. The van der Waals surface area contributed by atoms with Crippen LogP contribution in [0.4, 0.5) is 11.6 Å². The van der Waals surface area contributed by atoms with Gasteiger partial charge in [-0.25, -0.2) is 18.4 Å². The maximum atomic E-state index is 12.0. The Morgan fingerprint density at radius 3 is 2.50 bits per heavy atom. The van der Waals surface area contributed by atoms with Crippen molar-refractivity contribution >= 4 is 21.7 Å². The summed E-state index contributed by atoms with van der Waals surface area (Å²) in [6.45, 7) is 1.75. The van der Waals surface area contributed by atoms with E-state index in [0.717, 1.165) is 18.0 Å². The van der Waals surface area contributed by atoms with E-state index in [9.17, 15) is 8.42 Å². The van der Waals surface area contributed by atoms with Gasteiger partial charge in [0.15, 0.2) is 0 Å². The van der Waals surface area contributed by atoms with Crippen LogP contribution in [0.25, 0.3) is 0 Å². The number of aryl methyl sites for hydroxylation is 1. The molecule has 2 aromatic heterocycles. The number of hydrogen-bond acceptors (Lipinski definition) is 6. The molecule has 0 amide bonds. The lowest BCUT2D eigenvalue weighted by atomic mass is 10.3. The monoisotopic (exact) mass is 265 g/mol. The summed E-state index contributed by atoms with van der Waals surface area (Å²) in [7, 11) is -3.71. The number of aromatic nitrogens is 3. The average molecular weight is 265 g/mol. The second kappa shape index (κ2) is 4.57. The highest BCUT2D eigenvalue weighted by Gasteiger charge is 2.16. The molecule has 2 rings (SSSR count). The normalized spacial score (nSPS) is 11.2. The van der Waals surface area contributed by atoms with Crippen LogP contribution in [0, 0.1) is 6.92 Å². The lowest BCUT2D eigenvalue weighted by molar-refractivity contribution is 0.600. The number of anilines is 2. The third kappa shape index (κ3) is 2.54. The van der Waals surface area contributed by atoms with Crippen LogP contribution < -0.4 is 10.5 Å². The second-order valence-electron chi connectivity index (χ2n) is 3.57. The molecule has 0 saturated carbocycles. The molecule has 0 aliphatic heterocycles. The van der Waals surface area contributed by atoms with Gasteiger partial charge < -0.3 is 5.73 Å². The highest BCUT2D eigenvalue weighted by Crippen LogP contribution is 2.17. The van der Waals surface area contributed by atoms with Gasteiger partial charge >= 0.3 is 0 Å². The first-order valence-corrected chi connectivity index (χ1v) is 6.48. The summed E-state index contributed by atoms with van der Waals surface area (Å²) in [6, 6.07) is 1.57. The quantitative estimate of drug-likeness (QED) is 0.839. The number of nitrogen functional groups attached to an aromatic ring is 1. The van der Waals surface area contributed by atoms with Gasteiger partial charge in [0.25, 0.3) is 10.0 Å². The Bertz CT molecular complexity index is 654. The van der Waals surface area contributed by atoms with E-state index < -0.39 is 10.0 Å². The van der Waals surface area contributed by atoms with Gasteiger partial charge in [0.2, 0.25) is 5.95 Å². The molecule has 0 atom stereocenters. The van der Waals surface area contributed by atoms with Gasteiger partial charge in [-0.2, -0.15) is 0 Å². The average Bonchev–Trinajstić information content (AvgIpc) is 2.32. The summed E-state index contributed by atoms with van der Waals surface area (Å²) in [5.41, 5.74) is 6.48. The van der Waals surface area contributed by atoms with Gasteiger partial charge in [0.1, 0.15) is 4.90 Å². The van der Waals surface area contributed by atoms with Crippen LogP contribution >= 0.6 is 0 Å². The van der Waals surface area contributed by atoms with Gasteiger partial charge in [-0.05, 0) is 18.6 Å². The Balaban J connectivity index is 2.33. The first-order chi connectivity index (χ1) is 8.49. The molecule has 0 radical (unpaired) electrons. The Labute approximate surface area is 104 Å². The molecule has 2 heterocycles. The van der Waals surface area contributed by atoms with Crippen LogP contribution in [0.5, 0.6) is 0 Å². The molecule has 3 N–H and O–H groups in total. The molecule has 2 aromatic rings. The molecule has 0 spiro atoms. The zero-order valence-corrected chi connectivity index (χ0v) is 10.3. The van der Waals surface area contributed by atoms with Crippen LogP contribution in [0.1, 0.15) is 5.56 Å². The fraction of sp³-hybridized carbons (Fsp3) is 0.100. The summed E-state index contributed by atoms with van der Waals surface area (Å²) in [5, 5.41) is 0. The van der Waals surface area contributed by atoms with Crippen molar-refractivity contribution in [1.82, 2.24) is 15.0 Å². The van der Waals surface area contributed by atoms with Gasteiger partial charge in [-0.15, -0.1) is 0 Å². The minimum Gasteiger partial charge on any atom is -0.368 e. The Morgan fingerprint density at radius 1 is 1.22 bits per heavy atom. The molecular formula is C10H11N5O2S. The number of nitrogens with one attached hydrogen (secondary N) is 1. The first kappa shape index (κ1) is 12.2. The third-order valence-electron chi connectivity index (χ3n) is 2.22. The molecule has 0 fully saturated rings. The number of hydrogen-bond donors (Lipinski definition) is 2. The molecule has 7 nitrogen and oxygen atoms in total. The van der Waals surface area contributed by atoms with Crippen LogP contribution in [0.3, 0.4) is 0 Å². The van der Waals surface area contributed by atoms with E-state index in [4.69, 9.17) is 5.73 Å². The minimum absolute atomic E-state index is 0.0223. The fourth-order valence-corrected chi connectivity index (χ4v) is 2.28. The van der Waals surface area contributed by atoms with Crippen LogP contribution in [0.15, 0.2) is 35.7 Å². The summed E-state index contributed by atoms with van der Waals surface area (Å²) in [5.74, 6) is 0.0223. The van der Waals surface area contributed by atoms with E-state index in [-0.39, 0.29) is 10.8 Å². The predicted octanol–water partition coefficient (Wildman–Crippen LogP) is 0.563. The van der Waals surface area contributed by atoms with Crippen molar-refractivity contribution < 1.29 is 8.42 Å². The van der Waals surface area contributed by atoms with Crippen LogP contribution in [-0.4, -0.2) is 23.4 Å². The topological polar surface area (TPSA) is 111 Å². The van der Waals surface area contributed by atoms with E-state index in [1.54, 1.807) is 19.2 Å². The SMILES string of the molecule is Cc1cnccc1NS(=O)(=O)c1cnc(N)nc1. The van der Waals surface area contributed by atoms with Crippen molar-refractivity contribution in [2.24, 2.45) is 0 Å². The molecule has 0 saturated heterocycles. The third-order valence-corrected chi connectivity index (χ3v) is 3.54. The van der Waals surface area contributed by atoms with Crippen molar-refractivity contribution in [2.45, 2.75) is 11.8 Å². The summed E-state index contributed by atoms with van der Waals surface area (Å²) in [4.78, 5) is 11.1. The Kier molecular flexibility index (Phi) is 3.11. The lowest BCUT2D eigenvalue weighted by Gasteiger charge is -2.09. The summed E-state index contributed by atoms with van der Waals surface area (Å²) in [6.07, 6.45) is 5.38. The predicted molar refractivity (Wildman–Crippen MR) is 66.2 cm³/mol. The van der Waals surface area contributed by atoms with E-state index in [0.29, 0.717) is 5.69 Å². The lowest BCUT2D eigenvalue weighted by Crippen LogP contribution is -2.14. The highest BCUT2D eigenvalue weighted by atomic mass is 32.2.